The predicted octanol–water partition coefficient (Wildman–Crippen LogP) is 18.1. The van der Waals surface area contributed by atoms with Crippen molar-refractivity contribution < 1.29 is 24.5 Å². The molecule has 0 bridgehead atoms. The summed E-state index contributed by atoms with van der Waals surface area (Å²) in [4.78, 5) is 24.5. The molecule has 2 atom stereocenters. The van der Waals surface area contributed by atoms with E-state index in [9.17, 15) is 19.8 Å². The van der Waals surface area contributed by atoms with Crippen molar-refractivity contribution in [1.29, 1.82) is 0 Å². The summed E-state index contributed by atoms with van der Waals surface area (Å²) >= 11 is 0. The Kier molecular flexibility index (Phi) is 54.0. The second-order valence-corrected chi connectivity index (χ2v) is 20.3. The van der Waals surface area contributed by atoms with Crippen LogP contribution in [0, 0.1) is 0 Å². The molecule has 0 aliphatic rings. The SMILES string of the molecule is CCCCCCCCCCCCCCCCCCC(O)C(CO)NC(=O)CCCCCCCCC/C=C\CCCCCCCCCCCCOC(=O)CCCCCCCCCCCCC. The normalized spacial score (nSPS) is 12.6. The van der Waals surface area contributed by atoms with Crippen LogP contribution in [0.4, 0.5) is 0 Å². The van der Waals surface area contributed by atoms with Crippen molar-refractivity contribution >= 4 is 11.9 Å². The Bertz CT molecular complexity index is 970. The third kappa shape index (κ3) is 51.8. The average Bonchev–Trinajstić information content (AvgIpc) is 3.31. The summed E-state index contributed by atoms with van der Waals surface area (Å²) in [5, 5.41) is 23.3. The van der Waals surface area contributed by atoms with Crippen molar-refractivity contribution in [2.75, 3.05) is 13.2 Å². The molecule has 0 radical (unpaired) electrons. The fourth-order valence-electron chi connectivity index (χ4n) is 9.28. The number of aliphatic hydroxyl groups is 2. The van der Waals surface area contributed by atoms with Gasteiger partial charge in [0.15, 0.2) is 0 Å². The molecule has 0 aromatic heterocycles. The average molecular weight is 919 g/mol. The van der Waals surface area contributed by atoms with Gasteiger partial charge in [0, 0.05) is 12.8 Å². The molecule has 0 aliphatic heterocycles. The predicted molar refractivity (Wildman–Crippen MR) is 283 cm³/mol. The van der Waals surface area contributed by atoms with Gasteiger partial charge in [0.1, 0.15) is 0 Å². The maximum absolute atomic E-state index is 12.5. The van der Waals surface area contributed by atoms with Crippen LogP contribution in [0.15, 0.2) is 12.2 Å². The Labute approximate surface area is 406 Å². The number of hydrogen-bond acceptors (Lipinski definition) is 5. The highest BCUT2D eigenvalue weighted by Crippen LogP contribution is 2.17. The summed E-state index contributed by atoms with van der Waals surface area (Å²) in [5.74, 6) is -0.0320. The molecule has 0 spiro atoms. The maximum Gasteiger partial charge on any atom is 0.305 e. The van der Waals surface area contributed by atoms with E-state index in [4.69, 9.17) is 4.74 Å². The number of ether oxygens (including phenoxy) is 1. The molecule has 2 unspecified atom stereocenters. The molecule has 0 saturated heterocycles. The Balaban J connectivity index is 3.42. The highest BCUT2D eigenvalue weighted by atomic mass is 16.5. The molecule has 0 heterocycles. The van der Waals surface area contributed by atoms with Crippen LogP contribution in [0.2, 0.25) is 0 Å². The number of nitrogens with one attached hydrogen (secondary N) is 1. The zero-order chi connectivity index (χ0) is 47.2. The Morgan fingerprint density at radius 1 is 0.415 bits per heavy atom. The lowest BCUT2D eigenvalue weighted by atomic mass is 10.0. The Morgan fingerprint density at radius 3 is 1.09 bits per heavy atom. The number of allylic oxidation sites excluding steroid dienone is 2. The minimum Gasteiger partial charge on any atom is -0.466 e. The second-order valence-electron chi connectivity index (χ2n) is 20.3. The molecular weight excluding hydrogens is 803 g/mol. The number of esters is 1. The fourth-order valence-corrected chi connectivity index (χ4v) is 9.28. The minimum absolute atomic E-state index is 0.00841. The van der Waals surface area contributed by atoms with E-state index < -0.39 is 12.1 Å². The van der Waals surface area contributed by atoms with Crippen LogP contribution in [0.1, 0.15) is 328 Å². The lowest BCUT2D eigenvalue weighted by Crippen LogP contribution is -2.45. The van der Waals surface area contributed by atoms with Crippen LogP contribution >= 0.6 is 0 Å². The molecule has 0 fully saturated rings. The number of hydrogen-bond donors (Lipinski definition) is 3. The molecule has 386 valence electrons. The van der Waals surface area contributed by atoms with Crippen molar-refractivity contribution in [3.05, 3.63) is 12.2 Å². The number of unbranched alkanes of at least 4 members (excludes halogenated alkanes) is 42. The van der Waals surface area contributed by atoms with Crippen molar-refractivity contribution in [2.45, 2.75) is 341 Å². The van der Waals surface area contributed by atoms with Gasteiger partial charge >= 0.3 is 5.97 Å². The van der Waals surface area contributed by atoms with Crippen molar-refractivity contribution in [3.8, 4) is 0 Å². The largest absolute Gasteiger partial charge is 0.466 e. The quantitative estimate of drug-likeness (QED) is 0.0321. The summed E-state index contributed by atoms with van der Waals surface area (Å²) in [5.41, 5.74) is 0. The van der Waals surface area contributed by atoms with E-state index in [0.717, 1.165) is 38.5 Å². The van der Waals surface area contributed by atoms with E-state index in [0.29, 0.717) is 25.9 Å². The number of rotatable bonds is 55. The van der Waals surface area contributed by atoms with E-state index in [-0.39, 0.29) is 18.5 Å². The third-order valence-electron chi connectivity index (χ3n) is 13.8. The number of amides is 1. The molecule has 6 nitrogen and oxygen atoms in total. The molecule has 0 aliphatic carbocycles. The van der Waals surface area contributed by atoms with Gasteiger partial charge in [-0.05, 0) is 51.4 Å². The summed E-state index contributed by atoms with van der Waals surface area (Å²) in [6.07, 6.45) is 64.9. The first-order valence-electron chi connectivity index (χ1n) is 29.4. The summed E-state index contributed by atoms with van der Waals surface area (Å²) in [7, 11) is 0. The standard InChI is InChI=1S/C59H115NO5/c1-3-5-7-9-11-13-15-16-17-25-28-32-35-39-43-47-51-57(62)56(55-61)60-58(63)52-48-44-40-36-33-29-26-23-21-19-18-20-22-24-27-30-34-38-42-46-50-54-65-59(64)53-49-45-41-37-31-14-12-10-8-6-4-2/h19,21,56-57,61-62H,3-18,20,22-55H2,1-2H3,(H,60,63)/b21-19-. The molecule has 65 heavy (non-hydrogen) atoms. The highest BCUT2D eigenvalue weighted by molar-refractivity contribution is 5.76. The smallest absolute Gasteiger partial charge is 0.305 e. The van der Waals surface area contributed by atoms with Crippen LogP contribution in [-0.4, -0.2) is 47.4 Å². The first-order chi connectivity index (χ1) is 32.0. The van der Waals surface area contributed by atoms with E-state index in [2.05, 4.69) is 31.3 Å². The van der Waals surface area contributed by atoms with Gasteiger partial charge in [0.25, 0.3) is 0 Å². The van der Waals surface area contributed by atoms with Crippen molar-refractivity contribution in [2.24, 2.45) is 0 Å². The zero-order valence-corrected chi connectivity index (χ0v) is 44.0. The number of aliphatic hydroxyl groups excluding tert-OH is 2. The number of carbonyl (C=O) groups excluding carboxylic acids is 2. The van der Waals surface area contributed by atoms with Gasteiger partial charge < -0.3 is 20.3 Å². The van der Waals surface area contributed by atoms with Gasteiger partial charge in [-0.25, -0.2) is 0 Å². The molecular formula is C59H115NO5. The first-order valence-corrected chi connectivity index (χ1v) is 29.4. The summed E-state index contributed by atoms with van der Waals surface area (Å²) < 4.78 is 5.46. The van der Waals surface area contributed by atoms with Crippen LogP contribution < -0.4 is 5.32 Å². The van der Waals surface area contributed by atoms with Gasteiger partial charge in [-0.3, -0.25) is 9.59 Å². The topological polar surface area (TPSA) is 95.9 Å². The monoisotopic (exact) mass is 918 g/mol. The highest BCUT2D eigenvalue weighted by Gasteiger charge is 2.20. The summed E-state index contributed by atoms with van der Waals surface area (Å²) in [6, 6.07) is -0.546. The van der Waals surface area contributed by atoms with Crippen molar-refractivity contribution in [3.63, 3.8) is 0 Å². The molecule has 3 N–H and O–H groups in total. The van der Waals surface area contributed by atoms with Crippen LogP contribution in [0.3, 0.4) is 0 Å². The molecule has 0 rings (SSSR count). The third-order valence-corrected chi connectivity index (χ3v) is 13.8. The molecule has 0 saturated carbocycles. The van der Waals surface area contributed by atoms with Crippen molar-refractivity contribution in [1.82, 2.24) is 5.32 Å². The lowest BCUT2D eigenvalue weighted by molar-refractivity contribution is -0.143. The zero-order valence-electron chi connectivity index (χ0n) is 44.0. The minimum atomic E-state index is -0.668. The van der Waals surface area contributed by atoms with Gasteiger partial charge in [0.05, 0.1) is 25.4 Å². The van der Waals surface area contributed by atoms with Gasteiger partial charge in [-0.2, -0.15) is 0 Å². The maximum atomic E-state index is 12.5. The van der Waals surface area contributed by atoms with E-state index in [1.165, 1.54) is 257 Å². The van der Waals surface area contributed by atoms with E-state index >= 15 is 0 Å². The van der Waals surface area contributed by atoms with Gasteiger partial charge in [-0.15, -0.1) is 0 Å². The Morgan fingerprint density at radius 2 is 0.723 bits per heavy atom. The van der Waals surface area contributed by atoms with Gasteiger partial charge in [0.2, 0.25) is 5.91 Å². The van der Waals surface area contributed by atoms with E-state index in [1.54, 1.807) is 0 Å². The number of carbonyl (C=O) groups is 2. The molecule has 1 amide bonds. The lowest BCUT2D eigenvalue weighted by Gasteiger charge is -2.22. The molecule has 6 heteroatoms. The Hall–Kier alpha value is -1.40. The van der Waals surface area contributed by atoms with Crippen LogP contribution in [0.5, 0.6) is 0 Å². The fraction of sp³-hybridized carbons (Fsp3) is 0.932. The van der Waals surface area contributed by atoms with Crippen LogP contribution in [-0.2, 0) is 14.3 Å². The van der Waals surface area contributed by atoms with Crippen LogP contribution in [0.25, 0.3) is 0 Å². The van der Waals surface area contributed by atoms with Gasteiger partial charge in [-0.1, -0.05) is 276 Å². The van der Waals surface area contributed by atoms with E-state index in [1.807, 2.05) is 0 Å². The second kappa shape index (κ2) is 55.2. The molecule has 0 aromatic carbocycles. The summed E-state index contributed by atoms with van der Waals surface area (Å²) in [6.45, 7) is 4.96. The first kappa shape index (κ1) is 63.6. The molecule has 0 aromatic rings.